The molecule has 1 aliphatic heterocycles. The van der Waals surface area contributed by atoms with E-state index in [4.69, 9.17) is 4.52 Å². The maximum absolute atomic E-state index is 13.3. The van der Waals surface area contributed by atoms with Gasteiger partial charge in [-0.3, -0.25) is 9.59 Å². The third-order valence-electron chi connectivity index (χ3n) is 4.92. The number of aryl methyl sites for hydroxylation is 2. The lowest BCUT2D eigenvalue weighted by atomic mass is 10.1. The van der Waals surface area contributed by atoms with Crippen LogP contribution in [0.5, 0.6) is 0 Å². The lowest BCUT2D eigenvalue weighted by Gasteiger charge is -2.40. The first-order chi connectivity index (χ1) is 14.0. The van der Waals surface area contributed by atoms with E-state index in [1.165, 1.54) is 0 Å². The molecular formula is C20H22N6O3. The zero-order chi connectivity index (χ0) is 20.4. The first kappa shape index (κ1) is 18.9. The van der Waals surface area contributed by atoms with Crippen molar-refractivity contribution in [1.82, 2.24) is 29.5 Å². The molecule has 0 saturated carbocycles. The van der Waals surface area contributed by atoms with Crippen molar-refractivity contribution in [2.24, 2.45) is 7.05 Å². The second kappa shape index (κ2) is 7.86. The molecule has 0 bridgehead atoms. The number of carbonyl (C=O) groups is 2. The van der Waals surface area contributed by atoms with Crippen LogP contribution in [0.25, 0.3) is 0 Å². The van der Waals surface area contributed by atoms with E-state index in [0.717, 1.165) is 5.56 Å². The lowest BCUT2D eigenvalue weighted by Crippen LogP contribution is -2.59. The quantitative estimate of drug-likeness (QED) is 0.645. The molecule has 1 unspecified atom stereocenters. The van der Waals surface area contributed by atoms with Crippen LogP contribution in [0.1, 0.15) is 27.8 Å². The Morgan fingerprint density at radius 1 is 1.24 bits per heavy atom. The highest BCUT2D eigenvalue weighted by atomic mass is 16.5. The highest BCUT2D eigenvalue weighted by Crippen LogP contribution is 2.20. The van der Waals surface area contributed by atoms with Gasteiger partial charge in [0.1, 0.15) is 11.7 Å². The van der Waals surface area contributed by atoms with E-state index in [9.17, 15) is 9.59 Å². The Kier molecular flexibility index (Phi) is 5.11. The maximum Gasteiger partial charge on any atom is 0.274 e. The average molecular weight is 394 g/mol. The van der Waals surface area contributed by atoms with E-state index in [2.05, 4.69) is 15.1 Å². The Hall–Kier alpha value is -3.49. The molecule has 0 N–H and O–H groups in total. The highest BCUT2D eigenvalue weighted by Gasteiger charge is 2.39. The minimum absolute atomic E-state index is 0.139. The van der Waals surface area contributed by atoms with Gasteiger partial charge >= 0.3 is 0 Å². The summed E-state index contributed by atoms with van der Waals surface area (Å²) >= 11 is 0. The van der Waals surface area contributed by atoms with Crippen molar-refractivity contribution < 1.29 is 14.1 Å². The smallest absolute Gasteiger partial charge is 0.274 e. The SMILES string of the molecule is Cc1noc(CC2C(=O)N(Cc3ccccc3)CCN2C(=O)c2cn(C)cn2)n1. The van der Waals surface area contributed by atoms with E-state index < -0.39 is 6.04 Å². The van der Waals surface area contributed by atoms with Crippen LogP contribution in [0, 0.1) is 6.92 Å². The summed E-state index contributed by atoms with van der Waals surface area (Å²) in [5.74, 6) is 0.410. The van der Waals surface area contributed by atoms with Gasteiger partial charge in [-0.1, -0.05) is 35.5 Å². The molecule has 0 radical (unpaired) electrons. The van der Waals surface area contributed by atoms with Crippen molar-refractivity contribution in [1.29, 1.82) is 0 Å². The minimum Gasteiger partial charge on any atom is -0.340 e. The molecule has 1 fully saturated rings. The van der Waals surface area contributed by atoms with Crippen LogP contribution in [0.15, 0.2) is 47.4 Å². The highest BCUT2D eigenvalue weighted by molar-refractivity contribution is 5.96. The average Bonchev–Trinajstić information content (AvgIpc) is 3.33. The summed E-state index contributed by atoms with van der Waals surface area (Å²) in [6.45, 7) is 3.07. The number of benzene rings is 1. The van der Waals surface area contributed by atoms with E-state index in [1.807, 2.05) is 30.3 Å². The standard InChI is InChI=1S/C20H22N6O3/c1-14-22-18(29-23-14)10-17-20(28)25(11-15-6-4-3-5-7-15)8-9-26(17)19(27)16-12-24(2)13-21-16/h3-7,12-13,17H,8-11H2,1-2H3. The summed E-state index contributed by atoms with van der Waals surface area (Å²) in [5, 5.41) is 3.80. The number of hydrogen-bond donors (Lipinski definition) is 0. The van der Waals surface area contributed by atoms with Gasteiger partial charge < -0.3 is 18.9 Å². The number of hydrogen-bond acceptors (Lipinski definition) is 6. The topological polar surface area (TPSA) is 97.4 Å². The maximum atomic E-state index is 13.3. The number of carbonyl (C=O) groups excluding carboxylic acids is 2. The first-order valence-corrected chi connectivity index (χ1v) is 9.42. The Bertz CT molecular complexity index is 1010. The van der Waals surface area contributed by atoms with Gasteiger partial charge in [-0.15, -0.1) is 0 Å². The Morgan fingerprint density at radius 3 is 2.69 bits per heavy atom. The van der Waals surface area contributed by atoms with Crippen molar-refractivity contribution >= 4 is 11.8 Å². The summed E-state index contributed by atoms with van der Waals surface area (Å²) in [5.41, 5.74) is 1.35. The molecule has 29 heavy (non-hydrogen) atoms. The van der Waals surface area contributed by atoms with Gasteiger partial charge in [-0.05, 0) is 12.5 Å². The number of nitrogens with zero attached hydrogens (tertiary/aromatic N) is 6. The molecule has 2 amide bonds. The van der Waals surface area contributed by atoms with Gasteiger partial charge in [0.2, 0.25) is 11.8 Å². The number of aromatic nitrogens is 4. The lowest BCUT2D eigenvalue weighted by molar-refractivity contribution is -0.141. The number of piperazine rings is 1. The van der Waals surface area contributed by atoms with E-state index >= 15 is 0 Å². The molecule has 9 heteroatoms. The predicted octanol–water partition coefficient (Wildman–Crippen LogP) is 1.21. The largest absolute Gasteiger partial charge is 0.340 e. The van der Waals surface area contributed by atoms with Crippen molar-refractivity contribution in [3.63, 3.8) is 0 Å². The fraction of sp³-hybridized carbons (Fsp3) is 0.350. The van der Waals surface area contributed by atoms with Crippen LogP contribution < -0.4 is 0 Å². The summed E-state index contributed by atoms with van der Waals surface area (Å²) in [4.78, 5) is 38.0. The molecule has 2 aromatic heterocycles. The van der Waals surface area contributed by atoms with Crippen LogP contribution >= 0.6 is 0 Å². The minimum atomic E-state index is -0.721. The first-order valence-electron chi connectivity index (χ1n) is 9.42. The van der Waals surface area contributed by atoms with E-state index in [-0.39, 0.29) is 18.2 Å². The summed E-state index contributed by atoms with van der Waals surface area (Å²) in [6.07, 6.45) is 3.39. The zero-order valence-electron chi connectivity index (χ0n) is 16.4. The fourth-order valence-electron chi connectivity index (χ4n) is 3.50. The van der Waals surface area contributed by atoms with Crippen LogP contribution in [0.4, 0.5) is 0 Å². The molecule has 1 saturated heterocycles. The normalized spacial score (nSPS) is 17.0. The van der Waals surface area contributed by atoms with Crippen molar-refractivity contribution in [3.05, 3.63) is 65.8 Å². The second-order valence-electron chi connectivity index (χ2n) is 7.12. The van der Waals surface area contributed by atoms with Crippen molar-refractivity contribution in [3.8, 4) is 0 Å². The van der Waals surface area contributed by atoms with Gasteiger partial charge in [0.25, 0.3) is 5.91 Å². The Morgan fingerprint density at radius 2 is 2.03 bits per heavy atom. The molecule has 0 spiro atoms. The predicted molar refractivity (Wildman–Crippen MR) is 103 cm³/mol. The number of amides is 2. The molecule has 3 aromatic rings. The zero-order valence-corrected chi connectivity index (χ0v) is 16.4. The Labute approximate surface area is 167 Å². The number of imidazole rings is 1. The van der Waals surface area contributed by atoms with Gasteiger partial charge in [-0.2, -0.15) is 4.98 Å². The fourth-order valence-corrected chi connectivity index (χ4v) is 3.50. The van der Waals surface area contributed by atoms with Crippen LogP contribution in [0.2, 0.25) is 0 Å². The molecule has 150 valence electrons. The number of rotatable bonds is 5. The van der Waals surface area contributed by atoms with Crippen LogP contribution in [-0.2, 0) is 24.8 Å². The monoisotopic (exact) mass is 394 g/mol. The molecular weight excluding hydrogens is 372 g/mol. The summed E-state index contributed by atoms with van der Waals surface area (Å²) in [6, 6.07) is 9.07. The molecule has 0 aliphatic carbocycles. The Balaban J connectivity index is 1.59. The summed E-state index contributed by atoms with van der Waals surface area (Å²) in [7, 11) is 1.80. The van der Waals surface area contributed by atoms with Gasteiger partial charge in [0.05, 0.1) is 12.7 Å². The van der Waals surface area contributed by atoms with Crippen LogP contribution in [-0.4, -0.2) is 60.4 Å². The third kappa shape index (κ3) is 4.03. The van der Waals surface area contributed by atoms with Crippen molar-refractivity contribution in [2.75, 3.05) is 13.1 Å². The molecule has 3 heterocycles. The van der Waals surface area contributed by atoms with E-state index in [1.54, 1.807) is 40.9 Å². The van der Waals surface area contributed by atoms with Crippen molar-refractivity contribution in [2.45, 2.75) is 25.9 Å². The van der Waals surface area contributed by atoms with Gasteiger partial charge in [0, 0.05) is 32.9 Å². The second-order valence-corrected chi connectivity index (χ2v) is 7.12. The molecule has 1 aromatic carbocycles. The van der Waals surface area contributed by atoms with Gasteiger partial charge in [-0.25, -0.2) is 4.98 Å². The van der Waals surface area contributed by atoms with E-state index in [0.29, 0.717) is 37.0 Å². The van der Waals surface area contributed by atoms with Crippen LogP contribution in [0.3, 0.4) is 0 Å². The third-order valence-corrected chi connectivity index (χ3v) is 4.92. The molecule has 4 rings (SSSR count). The molecule has 1 aliphatic rings. The summed E-state index contributed by atoms with van der Waals surface area (Å²) < 4.78 is 6.92. The molecule has 9 nitrogen and oxygen atoms in total. The molecule has 1 atom stereocenters. The van der Waals surface area contributed by atoms with Gasteiger partial charge in [0.15, 0.2) is 5.82 Å².